The largest absolute Gasteiger partial charge is 0.327 e. The van der Waals surface area contributed by atoms with Crippen LogP contribution < -0.4 is 5.73 Å². The van der Waals surface area contributed by atoms with Gasteiger partial charge in [0.15, 0.2) is 0 Å². The molecular weight excluding hydrogens is 184 g/mol. The fourth-order valence-corrected chi connectivity index (χ4v) is 2.60. The molecule has 0 aromatic heterocycles. The smallest absolute Gasteiger partial charge is 0.00960 e. The number of hydrogen-bond acceptors (Lipinski definition) is 2. The predicted octanol–water partition coefficient (Wildman–Crippen LogP) is 2.62. The normalized spacial score (nSPS) is 30.0. The van der Waals surface area contributed by atoms with Crippen molar-refractivity contribution >= 4 is 0 Å². The number of nitrogens with zero attached hydrogens (tertiary/aromatic N) is 1. The molecule has 1 rings (SSSR count). The zero-order valence-electron chi connectivity index (χ0n) is 10.9. The number of rotatable bonds is 5. The third-order valence-electron chi connectivity index (χ3n) is 4.00. The van der Waals surface area contributed by atoms with E-state index in [4.69, 9.17) is 5.73 Å². The van der Waals surface area contributed by atoms with Crippen LogP contribution in [0.1, 0.15) is 53.4 Å². The summed E-state index contributed by atoms with van der Waals surface area (Å²) in [4.78, 5) is 2.67. The van der Waals surface area contributed by atoms with Crippen LogP contribution in [0.25, 0.3) is 0 Å². The van der Waals surface area contributed by atoms with Crippen LogP contribution in [-0.4, -0.2) is 29.6 Å². The molecule has 0 radical (unpaired) electrons. The average Bonchev–Trinajstić information content (AvgIpc) is 2.55. The molecule has 3 unspecified atom stereocenters. The second-order valence-electron chi connectivity index (χ2n) is 5.42. The Morgan fingerprint density at radius 3 is 2.53 bits per heavy atom. The molecular formula is C13H28N2. The highest BCUT2D eigenvalue weighted by Crippen LogP contribution is 2.26. The van der Waals surface area contributed by atoms with E-state index in [9.17, 15) is 0 Å². The highest BCUT2D eigenvalue weighted by molar-refractivity contribution is 4.85. The van der Waals surface area contributed by atoms with Gasteiger partial charge >= 0.3 is 0 Å². The summed E-state index contributed by atoms with van der Waals surface area (Å²) in [6.07, 6.45) is 5.20. The molecule has 2 heteroatoms. The summed E-state index contributed by atoms with van der Waals surface area (Å²) < 4.78 is 0. The van der Waals surface area contributed by atoms with E-state index >= 15 is 0 Å². The highest BCUT2D eigenvalue weighted by Gasteiger charge is 2.28. The Labute approximate surface area is 95.2 Å². The van der Waals surface area contributed by atoms with E-state index < -0.39 is 0 Å². The molecule has 1 heterocycles. The van der Waals surface area contributed by atoms with Crippen LogP contribution >= 0.6 is 0 Å². The predicted molar refractivity (Wildman–Crippen MR) is 66.9 cm³/mol. The molecule has 0 saturated carbocycles. The van der Waals surface area contributed by atoms with Crippen molar-refractivity contribution < 1.29 is 0 Å². The Morgan fingerprint density at radius 1 is 1.33 bits per heavy atom. The summed E-state index contributed by atoms with van der Waals surface area (Å²) in [6, 6.07) is 1.96. The fraction of sp³-hybridized carbons (Fsp3) is 1.00. The first-order valence-corrected chi connectivity index (χ1v) is 6.57. The van der Waals surface area contributed by atoms with Gasteiger partial charge in [-0.3, -0.25) is 4.90 Å². The lowest BCUT2D eigenvalue weighted by atomic mass is 10.0. The molecule has 0 spiro atoms. The molecule has 0 aliphatic carbocycles. The van der Waals surface area contributed by atoms with Gasteiger partial charge in [0.2, 0.25) is 0 Å². The monoisotopic (exact) mass is 212 g/mol. The van der Waals surface area contributed by atoms with Gasteiger partial charge in [-0.25, -0.2) is 0 Å². The van der Waals surface area contributed by atoms with Gasteiger partial charge in [0.25, 0.3) is 0 Å². The van der Waals surface area contributed by atoms with Crippen LogP contribution in [-0.2, 0) is 0 Å². The molecule has 0 amide bonds. The fourth-order valence-electron chi connectivity index (χ4n) is 2.60. The maximum atomic E-state index is 6.10. The zero-order valence-corrected chi connectivity index (χ0v) is 10.9. The van der Waals surface area contributed by atoms with E-state index in [1.54, 1.807) is 0 Å². The minimum atomic E-state index is 0.371. The molecule has 1 fully saturated rings. The molecule has 3 atom stereocenters. The van der Waals surface area contributed by atoms with Gasteiger partial charge in [-0.1, -0.05) is 20.8 Å². The second-order valence-corrected chi connectivity index (χ2v) is 5.42. The molecule has 1 saturated heterocycles. The first-order valence-electron chi connectivity index (χ1n) is 6.57. The molecule has 0 aromatic carbocycles. The van der Waals surface area contributed by atoms with Crippen LogP contribution in [0.15, 0.2) is 0 Å². The molecule has 15 heavy (non-hydrogen) atoms. The number of nitrogens with two attached hydrogens (primary N) is 1. The number of hydrogen-bond donors (Lipinski definition) is 1. The Balaban J connectivity index is 2.36. The van der Waals surface area contributed by atoms with Gasteiger partial charge in [0.1, 0.15) is 0 Å². The van der Waals surface area contributed by atoms with Gasteiger partial charge in [-0.2, -0.15) is 0 Å². The van der Waals surface area contributed by atoms with Crippen LogP contribution in [0.4, 0.5) is 0 Å². The van der Waals surface area contributed by atoms with E-state index in [0.29, 0.717) is 12.0 Å². The third-order valence-corrected chi connectivity index (χ3v) is 4.00. The first-order chi connectivity index (χ1) is 7.06. The van der Waals surface area contributed by atoms with Crippen molar-refractivity contribution in [3.05, 3.63) is 0 Å². The molecule has 2 N–H and O–H groups in total. The Kier molecular flexibility index (Phi) is 5.07. The Hall–Kier alpha value is -0.0800. The lowest BCUT2D eigenvalue weighted by Crippen LogP contribution is -2.39. The maximum Gasteiger partial charge on any atom is 0.00960 e. The van der Waals surface area contributed by atoms with E-state index in [-0.39, 0.29) is 0 Å². The molecule has 0 aromatic rings. The van der Waals surface area contributed by atoms with Crippen molar-refractivity contribution in [2.45, 2.75) is 71.5 Å². The molecule has 1 aliphatic rings. The summed E-state index contributed by atoms with van der Waals surface area (Å²) in [5, 5.41) is 0. The van der Waals surface area contributed by atoms with E-state index in [1.165, 1.54) is 25.8 Å². The topological polar surface area (TPSA) is 29.3 Å². The molecule has 2 nitrogen and oxygen atoms in total. The van der Waals surface area contributed by atoms with Gasteiger partial charge in [0.05, 0.1) is 0 Å². The van der Waals surface area contributed by atoms with Crippen molar-refractivity contribution in [1.29, 1.82) is 0 Å². The minimum Gasteiger partial charge on any atom is -0.327 e. The second kappa shape index (κ2) is 5.86. The summed E-state index contributed by atoms with van der Waals surface area (Å²) in [5.41, 5.74) is 6.10. The quantitative estimate of drug-likeness (QED) is 0.759. The SMILES string of the molecule is CCC1CCC(C)N1CCC(N)C(C)C. The number of likely N-dealkylation sites (tertiary alicyclic amines) is 1. The van der Waals surface area contributed by atoms with E-state index in [2.05, 4.69) is 32.6 Å². The maximum absolute atomic E-state index is 6.10. The van der Waals surface area contributed by atoms with Gasteiger partial charge in [-0.05, 0) is 38.5 Å². The summed E-state index contributed by atoms with van der Waals surface area (Å²) in [5.74, 6) is 0.614. The van der Waals surface area contributed by atoms with Crippen molar-refractivity contribution in [2.24, 2.45) is 11.7 Å². The van der Waals surface area contributed by atoms with Crippen LogP contribution in [0, 0.1) is 5.92 Å². The minimum absolute atomic E-state index is 0.371. The Bertz CT molecular complexity index is 179. The van der Waals surface area contributed by atoms with Gasteiger partial charge in [0, 0.05) is 24.7 Å². The molecule has 1 aliphatic heterocycles. The van der Waals surface area contributed by atoms with Crippen LogP contribution in [0.3, 0.4) is 0 Å². The van der Waals surface area contributed by atoms with Crippen molar-refractivity contribution in [3.63, 3.8) is 0 Å². The van der Waals surface area contributed by atoms with Crippen molar-refractivity contribution in [1.82, 2.24) is 4.90 Å². The van der Waals surface area contributed by atoms with Crippen LogP contribution in [0.5, 0.6) is 0 Å². The van der Waals surface area contributed by atoms with Crippen molar-refractivity contribution in [3.8, 4) is 0 Å². The summed E-state index contributed by atoms with van der Waals surface area (Å²) in [6.45, 7) is 10.3. The first kappa shape index (κ1) is 13.0. The highest BCUT2D eigenvalue weighted by atomic mass is 15.2. The third kappa shape index (κ3) is 3.46. The van der Waals surface area contributed by atoms with E-state index in [0.717, 1.165) is 18.5 Å². The van der Waals surface area contributed by atoms with Gasteiger partial charge in [-0.15, -0.1) is 0 Å². The lowest BCUT2D eigenvalue weighted by molar-refractivity contribution is 0.187. The average molecular weight is 212 g/mol. The summed E-state index contributed by atoms with van der Waals surface area (Å²) >= 11 is 0. The van der Waals surface area contributed by atoms with Gasteiger partial charge < -0.3 is 5.73 Å². The summed E-state index contributed by atoms with van der Waals surface area (Å²) in [7, 11) is 0. The standard InChI is InChI=1S/C13H28N2/c1-5-12-7-6-11(4)15(12)9-8-13(14)10(2)3/h10-13H,5-9,14H2,1-4H3. The Morgan fingerprint density at radius 2 is 2.00 bits per heavy atom. The van der Waals surface area contributed by atoms with Crippen molar-refractivity contribution in [2.75, 3.05) is 6.54 Å². The van der Waals surface area contributed by atoms with Crippen LogP contribution in [0.2, 0.25) is 0 Å². The molecule has 90 valence electrons. The van der Waals surface area contributed by atoms with E-state index in [1.807, 2.05) is 0 Å². The molecule has 0 bridgehead atoms. The zero-order chi connectivity index (χ0) is 11.4. The lowest BCUT2D eigenvalue weighted by Gasteiger charge is -2.29.